The molecule has 0 spiro atoms. The van der Waals surface area contributed by atoms with E-state index in [2.05, 4.69) is 0 Å². The van der Waals surface area contributed by atoms with Crippen LogP contribution in [0.15, 0.2) is 24.3 Å². The van der Waals surface area contributed by atoms with Gasteiger partial charge in [-0.2, -0.15) is 0 Å². The first-order valence-electron chi connectivity index (χ1n) is 7.16. The number of piperazine rings is 1. The summed E-state index contributed by atoms with van der Waals surface area (Å²) in [6.45, 7) is 2.83. The van der Waals surface area contributed by atoms with E-state index < -0.39 is 6.04 Å². The quantitative estimate of drug-likeness (QED) is 0.874. The minimum atomic E-state index is -0.523. The maximum Gasteiger partial charge on any atom is 0.239 e. The summed E-state index contributed by atoms with van der Waals surface area (Å²) in [5, 5.41) is 0. The maximum absolute atomic E-state index is 13.7. The molecule has 0 bridgehead atoms. The third-order valence-electron chi connectivity index (χ3n) is 3.73. The number of para-hydroxylation sites is 1. The van der Waals surface area contributed by atoms with Crippen molar-refractivity contribution in [2.75, 3.05) is 44.8 Å². The van der Waals surface area contributed by atoms with E-state index in [1.807, 2.05) is 11.0 Å². The van der Waals surface area contributed by atoms with Crippen molar-refractivity contribution in [3.05, 3.63) is 30.1 Å². The van der Waals surface area contributed by atoms with Crippen LogP contribution in [0.1, 0.15) is 6.42 Å². The van der Waals surface area contributed by atoms with Crippen molar-refractivity contribution < 1.29 is 13.9 Å². The van der Waals surface area contributed by atoms with E-state index in [0.29, 0.717) is 44.9 Å². The second-order valence-corrected chi connectivity index (χ2v) is 5.15. The van der Waals surface area contributed by atoms with Gasteiger partial charge in [0, 0.05) is 39.9 Å². The number of halogens is 1. The number of nitrogens with zero attached hydrogens (tertiary/aromatic N) is 2. The summed E-state index contributed by atoms with van der Waals surface area (Å²) in [6, 6.07) is 6.18. The summed E-state index contributed by atoms with van der Waals surface area (Å²) >= 11 is 0. The first kappa shape index (κ1) is 15.7. The van der Waals surface area contributed by atoms with Gasteiger partial charge in [-0.15, -0.1) is 0 Å². The van der Waals surface area contributed by atoms with Crippen molar-refractivity contribution in [3.8, 4) is 0 Å². The molecular formula is C15H22FN3O2. The Morgan fingerprint density at radius 3 is 2.62 bits per heavy atom. The number of hydrogen-bond donors (Lipinski definition) is 1. The molecule has 5 nitrogen and oxygen atoms in total. The summed E-state index contributed by atoms with van der Waals surface area (Å²) in [6.07, 6.45) is 0.517. The van der Waals surface area contributed by atoms with Gasteiger partial charge in [-0.25, -0.2) is 4.39 Å². The Kier molecular flexibility index (Phi) is 5.52. The molecule has 1 unspecified atom stereocenters. The van der Waals surface area contributed by atoms with E-state index >= 15 is 0 Å². The first-order chi connectivity index (χ1) is 10.1. The fraction of sp³-hybridized carbons (Fsp3) is 0.533. The van der Waals surface area contributed by atoms with Gasteiger partial charge in [-0.3, -0.25) is 4.79 Å². The Labute approximate surface area is 124 Å². The Balaban J connectivity index is 1.88. The van der Waals surface area contributed by atoms with Crippen LogP contribution in [0.25, 0.3) is 0 Å². The number of rotatable bonds is 5. The zero-order valence-electron chi connectivity index (χ0n) is 12.3. The minimum absolute atomic E-state index is 0.0553. The fourth-order valence-electron chi connectivity index (χ4n) is 2.48. The summed E-state index contributed by atoms with van der Waals surface area (Å²) in [5.74, 6) is -0.283. The lowest BCUT2D eigenvalue weighted by molar-refractivity contribution is -0.133. The zero-order chi connectivity index (χ0) is 15.2. The molecule has 2 N–H and O–H groups in total. The third kappa shape index (κ3) is 3.92. The highest BCUT2D eigenvalue weighted by Crippen LogP contribution is 2.20. The lowest BCUT2D eigenvalue weighted by Crippen LogP contribution is -2.53. The monoisotopic (exact) mass is 295 g/mol. The molecule has 1 amide bonds. The molecule has 2 rings (SSSR count). The molecule has 6 heteroatoms. The largest absolute Gasteiger partial charge is 0.385 e. The van der Waals surface area contributed by atoms with Gasteiger partial charge in [0.2, 0.25) is 5.91 Å². The zero-order valence-corrected chi connectivity index (χ0v) is 12.3. The SMILES string of the molecule is COCCC(N)C(=O)N1CCN(c2ccccc2F)CC1. The van der Waals surface area contributed by atoms with E-state index in [1.54, 1.807) is 24.1 Å². The molecule has 116 valence electrons. The summed E-state index contributed by atoms with van der Waals surface area (Å²) in [7, 11) is 1.59. The average molecular weight is 295 g/mol. The van der Waals surface area contributed by atoms with Crippen molar-refractivity contribution in [3.63, 3.8) is 0 Å². The van der Waals surface area contributed by atoms with Crippen molar-refractivity contribution in [2.45, 2.75) is 12.5 Å². The smallest absolute Gasteiger partial charge is 0.239 e. The van der Waals surface area contributed by atoms with Crippen LogP contribution in [-0.2, 0) is 9.53 Å². The average Bonchev–Trinajstić information content (AvgIpc) is 2.52. The van der Waals surface area contributed by atoms with Gasteiger partial charge in [-0.05, 0) is 18.6 Å². The highest BCUT2D eigenvalue weighted by Gasteiger charge is 2.25. The first-order valence-corrected chi connectivity index (χ1v) is 7.16. The van der Waals surface area contributed by atoms with Gasteiger partial charge >= 0.3 is 0 Å². The van der Waals surface area contributed by atoms with E-state index in [1.165, 1.54) is 6.07 Å². The molecule has 0 aromatic heterocycles. The van der Waals surface area contributed by atoms with Gasteiger partial charge < -0.3 is 20.3 Å². The third-order valence-corrected chi connectivity index (χ3v) is 3.73. The molecule has 1 heterocycles. The van der Waals surface area contributed by atoms with E-state index in [0.717, 1.165) is 0 Å². The van der Waals surface area contributed by atoms with Crippen LogP contribution >= 0.6 is 0 Å². The van der Waals surface area contributed by atoms with Crippen molar-refractivity contribution in [1.82, 2.24) is 4.90 Å². The molecule has 1 fully saturated rings. The summed E-state index contributed by atoms with van der Waals surface area (Å²) in [4.78, 5) is 15.9. The molecule has 1 aromatic carbocycles. The van der Waals surface area contributed by atoms with Gasteiger partial charge in [-0.1, -0.05) is 12.1 Å². The van der Waals surface area contributed by atoms with Crippen LogP contribution in [0, 0.1) is 5.82 Å². The van der Waals surface area contributed by atoms with Crippen molar-refractivity contribution in [2.24, 2.45) is 5.73 Å². The molecule has 0 aliphatic carbocycles. The van der Waals surface area contributed by atoms with Crippen LogP contribution in [0.4, 0.5) is 10.1 Å². The molecule has 0 saturated carbocycles. The number of amides is 1. The van der Waals surface area contributed by atoms with Gasteiger partial charge in [0.05, 0.1) is 11.7 Å². The van der Waals surface area contributed by atoms with Crippen LogP contribution < -0.4 is 10.6 Å². The molecule has 1 aliphatic rings. The summed E-state index contributed by atoms with van der Waals surface area (Å²) < 4.78 is 18.7. The van der Waals surface area contributed by atoms with Crippen LogP contribution in [0.3, 0.4) is 0 Å². The molecule has 1 saturated heterocycles. The fourth-order valence-corrected chi connectivity index (χ4v) is 2.48. The molecule has 1 atom stereocenters. The summed E-state index contributed by atoms with van der Waals surface area (Å²) in [5.41, 5.74) is 6.45. The van der Waals surface area contributed by atoms with E-state index in [9.17, 15) is 9.18 Å². The lowest BCUT2D eigenvalue weighted by Gasteiger charge is -2.37. The second-order valence-electron chi connectivity index (χ2n) is 5.15. The second kappa shape index (κ2) is 7.38. The molecular weight excluding hydrogens is 273 g/mol. The number of carbonyl (C=O) groups excluding carboxylic acids is 1. The van der Waals surface area contributed by atoms with Crippen molar-refractivity contribution >= 4 is 11.6 Å². The Morgan fingerprint density at radius 1 is 1.33 bits per heavy atom. The number of nitrogens with two attached hydrogens (primary N) is 1. The highest BCUT2D eigenvalue weighted by molar-refractivity contribution is 5.81. The van der Waals surface area contributed by atoms with Crippen molar-refractivity contribution in [1.29, 1.82) is 0 Å². The highest BCUT2D eigenvalue weighted by atomic mass is 19.1. The Morgan fingerprint density at radius 2 is 2.00 bits per heavy atom. The predicted molar refractivity (Wildman–Crippen MR) is 79.7 cm³/mol. The lowest BCUT2D eigenvalue weighted by atomic mass is 10.1. The Bertz CT molecular complexity index is 476. The standard InChI is InChI=1S/C15H22FN3O2/c1-21-11-6-13(17)15(20)19-9-7-18(8-10-19)14-5-3-2-4-12(14)16/h2-5,13H,6-11,17H2,1H3. The number of carbonyl (C=O) groups is 1. The molecule has 21 heavy (non-hydrogen) atoms. The molecule has 1 aromatic rings. The maximum atomic E-state index is 13.7. The van der Waals surface area contributed by atoms with Crippen LogP contribution in [0.2, 0.25) is 0 Å². The van der Waals surface area contributed by atoms with Crippen LogP contribution in [-0.4, -0.2) is 56.7 Å². The number of ether oxygens (including phenoxy) is 1. The van der Waals surface area contributed by atoms with Gasteiger partial charge in [0.1, 0.15) is 5.82 Å². The predicted octanol–water partition coefficient (Wildman–Crippen LogP) is 0.838. The number of hydrogen-bond acceptors (Lipinski definition) is 4. The molecule has 1 aliphatic heterocycles. The molecule has 0 radical (unpaired) electrons. The van der Waals surface area contributed by atoms with E-state index in [4.69, 9.17) is 10.5 Å². The number of benzene rings is 1. The van der Waals surface area contributed by atoms with E-state index in [-0.39, 0.29) is 11.7 Å². The normalized spacial score (nSPS) is 16.9. The minimum Gasteiger partial charge on any atom is -0.385 e. The number of anilines is 1. The van der Waals surface area contributed by atoms with Crippen LogP contribution in [0.5, 0.6) is 0 Å². The Hall–Kier alpha value is -1.66. The number of methoxy groups -OCH3 is 1. The van der Waals surface area contributed by atoms with Gasteiger partial charge in [0.25, 0.3) is 0 Å². The topological polar surface area (TPSA) is 58.8 Å². The van der Waals surface area contributed by atoms with Gasteiger partial charge in [0.15, 0.2) is 0 Å².